The predicted molar refractivity (Wildman–Crippen MR) is 266 cm³/mol. The molecule has 0 bridgehead atoms. The first-order valence-electron chi connectivity index (χ1n) is 22.8. The van der Waals surface area contributed by atoms with Crippen molar-refractivity contribution >= 4 is 48.8 Å². The Labute approximate surface area is 426 Å². The van der Waals surface area contributed by atoms with Crippen molar-refractivity contribution in [2.45, 2.75) is 86.4 Å². The maximum Gasteiger partial charge on any atom is 0.326 e. The maximum atomic E-state index is 12.2. The van der Waals surface area contributed by atoms with Crippen molar-refractivity contribution in [2.75, 3.05) is 32.3 Å². The minimum Gasteiger partial charge on any atom is -0.480 e. The number of sulfone groups is 2. The molecule has 22 heteroatoms. The van der Waals surface area contributed by atoms with Gasteiger partial charge in [0.2, 0.25) is 23.5 Å². The summed E-state index contributed by atoms with van der Waals surface area (Å²) >= 11 is 13.7. The van der Waals surface area contributed by atoms with E-state index in [1.54, 1.807) is 12.1 Å². The summed E-state index contributed by atoms with van der Waals surface area (Å²) in [6.07, 6.45) is 9.44. The maximum absolute atomic E-state index is 12.2. The number of halogens is 2. The molecule has 5 N–H and O–H groups in total. The minimum atomic E-state index is -3.56. The molecule has 72 heavy (non-hydrogen) atoms. The van der Waals surface area contributed by atoms with Gasteiger partial charge in [-0.25, -0.2) is 16.8 Å². The molecule has 0 amide bonds. The summed E-state index contributed by atoms with van der Waals surface area (Å²) in [7, 11) is -7.05. The van der Waals surface area contributed by atoms with Crippen molar-refractivity contribution in [1.82, 2.24) is 30.6 Å². The first-order valence-corrected chi connectivity index (χ1v) is 27.3. The fourth-order valence-corrected chi connectivity index (χ4v) is 10.2. The van der Waals surface area contributed by atoms with Crippen LogP contribution in [0, 0.1) is 0 Å². The predicted octanol–water partition coefficient (Wildman–Crippen LogP) is 6.35. The van der Waals surface area contributed by atoms with E-state index in [-0.39, 0.29) is 76.3 Å². The van der Waals surface area contributed by atoms with Crippen LogP contribution in [0.1, 0.15) is 76.5 Å². The number of nitrogens with zero attached hydrogens (tertiary/aromatic N) is 4. The molecule has 0 spiro atoms. The molecular weight excluding hydrogens is 1010 g/mol. The van der Waals surface area contributed by atoms with Crippen LogP contribution >= 0.6 is 23.2 Å². The van der Waals surface area contributed by atoms with E-state index in [0.29, 0.717) is 54.5 Å². The van der Waals surface area contributed by atoms with Crippen LogP contribution in [0.4, 0.5) is 0 Å². The molecule has 2 aliphatic carbocycles. The van der Waals surface area contributed by atoms with Crippen molar-refractivity contribution in [3.05, 3.63) is 140 Å². The Kier molecular flexibility index (Phi) is 16.0. The van der Waals surface area contributed by atoms with E-state index in [1.807, 2.05) is 24.3 Å². The molecule has 0 radical (unpaired) electrons. The third-order valence-corrected chi connectivity index (χ3v) is 15.1. The smallest absolute Gasteiger partial charge is 0.326 e. The number of hydrogen-bond donors (Lipinski definition) is 5. The van der Waals surface area contributed by atoms with Gasteiger partial charge >= 0.3 is 5.97 Å². The quantitative estimate of drug-likeness (QED) is 0.0464. The van der Waals surface area contributed by atoms with Crippen LogP contribution in [0.15, 0.2) is 95.2 Å². The van der Waals surface area contributed by atoms with Gasteiger partial charge in [0.25, 0.3) is 0 Å². The van der Waals surface area contributed by atoms with Crippen molar-refractivity contribution < 1.29 is 55.9 Å². The van der Waals surface area contributed by atoms with E-state index < -0.39 is 50.0 Å². The first kappa shape index (κ1) is 52.4. The standard InChI is InChI=1S/C50H52Cl2N6O12S2/c1-50(28-60,49(61)62)56-23-32-19-42(52)48(58-46(32)68-27-30-17-34(25-55-21-30)72(3,65)66)70-44-13-11-38-36(7-5-9-40(38)44)35-6-4-8-39-37(35)10-12-43(39)69-47-41(51)18-31(22-53-14-15-59)45(57-47)67-26-29-16-33(24-54-20-29)71(2,63)64/h4-9,16-21,24-25,43-44,53,56,59-60H,10-15,22-23,26-28H2,1-3H3,(H,61,62)/t43-,44-,50?/m0/s1. The SMILES string of the molecule is CC(CO)(NCc1cc(Cl)c(O[C@H]2CCc3c(-c4cccc5c4CC[C@@H]5Oc4nc(OCc5cncc(S(C)(=O)=O)c5)c(CNCCO)cc4Cl)cccc32)nc1OCc1cncc(S(C)(=O)=O)c1)C(=O)O. The van der Waals surface area contributed by atoms with Crippen LogP contribution in [0.5, 0.6) is 23.5 Å². The number of pyridine rings is 4. The molecule has 8 rings (SSSR count). The van der Waals surface area contributed by atoms with Crippen LogP contribution in [0.3, 0.4) is 0 Å². The Balaban J connectivity index is 1.03. The molecule has 0 saturated carbocycles. The molecule has 0 aliphatic heterocycles. The zero-order valence-corrected chi connectivity index (χ0v) is 42.5. The lowest BCUT2D eigenvalue weighted by Gasteiger charge is -2.24. The molecule has 0 saturated heterocycles. The molecule has 6 aromatic rings. The Hall–Kier alpha value is -5.97. The number of aliphatic hydroxyl groups is 2. The average Bonchev–Trinajstić information content (AvgIpc) is 3.97. The Morgan fingerprint density at radius 3 is 1.61 bits per heavy atom. The van der Waals surface area contributed by atoms with E-state index >= 15 is 0 Å². The third kappa shape index (κ3) is 11.9. The minimum absolute atomic E-state index is 0.00827. The van der Waals surface area contributed by atoms with E-state index in [0.717, 1.165) is 45.9 Å². The van der Waals surface area contributed by atoms with Crippen LogP contribution in [0.2, 0.25) is 10.0 Å². The number of hydrogen-bond acceptors (Lipinski definition) is 17. The van der Waals surface area contributed by atoms with Crippen molar-refractivity contribution in [3.63, 3.8) is 0 Å². The van der Waals surface area contributed by atoms with Gasteiger partial charge < -0.3 is 39.6 Å². The topological polar surface area (TPSA) is 259 Å². The van der Waals surface area contributed by atoms with Crippen molar-refractivity contribution in [1.29, 1.82) is 0 Å². The van der Waals surface area contributed by atoms with E-state index in [2.05, 4.69) is 37.7 Å². The second-order valence-electron chi connectivity index (χ2n) is 17.7. The summed E-state index contributed by atoms with van der Waals surface area (Å²) in [5, 5.41) is 35.4. The average molecular weight is 1060 g/mol. The summed E-state index contributed by atoms with van der Waals surface area (Å²) in [5.74, 6) is -0.778. The lowest BCUT2D eigenvalue weighted by Crippen LogP contribution is -2.52. The number of carboxylic acids is 1. The molecule has 4 aromatic heterocycles. The van der Waals surface area contributed by atoms with Gasteiger partial charge in [-0.15, -0.1) is 0 Å². The normalized spacial score (nSPS) is 16.2. The molecule has 380 valence electrons. The van der Waals surface area contributed by atoms with Gasteiger partial charge in [-0.3, -0.25) is 20.1 Å². The lowest BCUT2D eigenvalue weighted by atomic mass is 9.91. The third-order valence-electron chi connectivity index (χ3n) is 12.4. The second kappa shape index (κ2) is 22.0. The van der Waals surface area contributed by atoms with Crippen molar-refractivity contribution in [3.8, 4) is 34.6 Å². The molecule has 0 fully saturated rings. The highest BCUT2D eigenvalue weighted by atomic mass is 35.5. The zero-order valence-electron chi connectivity index (χ0n) is 39.4. The molecule has 2 aromatic carbocycles. The number of benzene rings is 2. The first-order chi connectivity index (χ1) is 34.3. The summed E-state index contributed by atoms with van der Waals surface area (Å²) in [6.45, 7) is 0.864. The number of fused-ring (bicyclic) bond motifs is 2. The second-order valence-corrected chi connectivity index (χ2v) is 22.6. The number of carbonyl (C=O) groups is 1. The van der Waals surface area contributed by atoms with Gasteiger partial charge in [0.1, 0.15) is 41.0 Å². The fraction of sp³-hybridized carbons (Fsp3) is 0.340. The summed E-state index contributed by atoms with van der Waals surface area (Å²) in [5.41, 5.74) is 6.45. The largest absolute Gasteiger partial charge is 0.480 e. The monoisotopic (exact) mass is 1060 g/mol. The van der Waals surface area contributed by atoms with E-state index in [1.165, 1.54) is 43.8 Å². The van der Waals surface area contributed by atoms with Gasteiger partial charge in [-0.2, -0.15) is 9.97 Å². The Bertz CT molecular complexity index is 3240. The zero-order chi connectivity index (χ0) is 51.4. The number of aliphatic hydroxyl groups excluding tert-OH is 2. The molecule has 2 aliphatic rings. The number of ether oxygens (including phenoxy) is 4. The number of aromatic nitrogens is 4. The number of carboxylic acid groups (broad SMARTS) is 1. The van der Waals surface area contributed by atoms with Crippen LogP contribution in [0.25, 0.3) is 11.1 Å². The number of nitrogens with one attached hydrogen (secondary N) is 2. The van der Waals surface area contributed by atoms with Gasteiger partial charge in [-0.05, 0) is 90.3 Å². The highest BCUT2D eigenvalue weighted by Crippen LogP contribution is 2.46. The Morgan fingerprint density at radius 2 is 1.18 bits per heavy atom. The summed E-state index contributed by atoms with van der Waals surface area (Å²) in [4.78, 5) is 29.5. The summed E-state index contributed by atoms with van der Waals surface area (Å²) < 4.78 is 74.3. The lowest BCUT2D eigenvalue weighted by molar-refractivity contribution is -0.145. The molecule has 4 heterocycles. The van der Waals surface area contributed by atoms with E-state index in [9.17, 15) is 36.9 Å². The van der Waals surface area contributed by atoms with Gasteiger partial charge in [-0.1, -0.05) is 59.6 Å². The molecule has 18 nitrogen and oxygen atoms in total. The number of aliphatic carboxylic acids is 1. The Morgan fingerprint density at radius 1 is 0.708 bits per heavy atom. The fourth-order valence-electron chi connectivity index (χ4n) is 8.49. The van der Waals surface area contributed by atoms with E-state index in [4.69, 9.17) is 47.1 Å². The van der Waals surface area contributed by atoms with Gasteiger partial charge in [0, 0.05) is 79.2 Å². The van der Waals surface area contributed by atoms with Gasteiger partial charge in [0.05, 0.1) is 23.0 Å². The molecule has 1 unspecified atom stereocenters. The highest BCUT2D eigenvalue weighted by Gasteiger charge is 2.34. The van der Waals surface area contributed by atoms with Crippen LogP contribution in [-0.2, 0) is 63.6 Å². The van der Waals surface area contributed by atoms with Crippen LogP contribution < -0.4 is 29.6 Å². The highest BCUT2D eigenvalue weighted by molar-refractivity contribution is 7.91. The molecule has 3 atom stereocenters. The number of rotatable bonds is 22. The van der Waals surface area contributed by atoms with Crippen LogP contribution in [-0.4, -0.2) is 95.9 Å². The van der Waals surface area contributed by atoms with Crippen molar-refractivity contribution in [2.24, 2.45) is 0 Å². The summed E-state index contributed by atoms with van der Waals surface area (Å²) in [6, 6.07) is 18.4. The molecular formula is C50H52Cl2N6O12S2. The van der Waals surface area contributed by atoms with Gasteiger partial charge in [0.15, 0.2) is 19.7 Å².